The summed E-state index contributed by atoms with van der Waals surface area (Å²) in [5, 5.41) is 10.5. The summed E-state index contributed by atoms with van der Waals surface area (Å²) < 4.78 is 32.8. The molecule has 1 aliphatic heterocycles. The number of aromatic nitrogens is 1. The van der Waals surface area contributed by atoms with Gasteiger partial charge in [-0.05, 0) is 36.2 Å². The van der Waals surface area contributed by atoms with E-state index in [2.05, 4.69) is 9.88 Å². The van der Waals surface area contributed by atoms with Gasteiger partial charge in [0.25, 0.3) is 5.91 Å². The second kappa shape index (κ2) is 10.3. The van der Waals surface area contributed by atoms with Crippen LogP contribution in [0.25, 0.3) is 10.9 Å². The number of benzene rings is 2. The molecule has 1 saturated heterocycles. The molecule has 2 heterocycles. The first-order chi connectivity index (χ1) is 16.7. The van der Waals surface area contributed by atoms with Crippen molar-refractivity contribution in [2.45, 2.75) is 29.4 Å². The minimum absolute atomic E-state index is 0.0918. The van der Waals surface area contributed by atoms with E-state index in [1.54, 1.807) is 18.3 Å². The van der Waals surface area contributed by atoms with E-state index >= 15 is 0 Å². The van der Waals surface area contributed by atoms with Gasteiger partial charge in [0.15, 0.2) is 6.10 Å². The minimum Gasteiger partial charge on any atom is -0.479 e. The van der Waals surface area contributed by atoms with Crippen LogP contribution in [0.4, 0.5) is 0 Å². The van der Waals surface area contributed by atoms with Crippen molar-refractivity contribution in [2.75, 3.05) is 33.7 Å². The Morgan fingerprint density at radius 3 is 2.60 bits per heavy atom. The van der Waals surface area contributed by atoms with Crippen LogP contribution >= 0.6 is 0 Å². The van der Waals surface area contributed by atoms with Crippen molar-refractivity contribution in [1.29, 1.82) is 0 Å². The Hall–Kier alpha value is -3.05. The van der Waals surface area contributed by atoms with E-state index in [9.17, 15) is 18.3 Å². The summed E-state index contributed by atoms with van der Waals surface area (Å²) in [5.74, 6) is -0.728. The Morgan fingerprint density at radius 2 is 1.97 bits per heavy atom. The van der Waals surface area contributed by atoms with Crippen LogP contribution in [0.1, 0.15) is 17.9 Å². The number of hydrogen-bond donors (Lipinski definition) is 2. The number of carbonyl (C=O) groups is 1. The van der Waals surface area contributed by atoms with Gasteiger partial charge in [0.1, 0.15) is 5.75 Å². The fourth-order valence-electron chi connectivity index (χ4n) is 4.38. The van der Waals surface area contributed by atoms with Crippen LogP contribution in [0.15, 0.2) is 65.7 Å². The number of likely N-dealkylation sites (tertiary alicyclic amines) is 1. The Kier molecular flexibility index (Phi) is 7.36. The second-order valence-corrected chi connectivity index (χ2v) is 11.1. The number of ether oxygens (including phenoxy) is 1. The maximum absolute atomic E-state index is 12.7. The lowest BCUT2D eigenvalue weighted by Gasteiger charge is -2.30. The molecule has 10 heteroatoms. The molecule has 35 heavy (non-hydrogen) atoms. The molecule has 0 spiro atoms. The number of pyridine rings is 1. The van der Waals surface area contributed by atoms with Crippen LogP contribution in [-0.4, -0.2) is 79.6 Å². The first-order valence-corrected chi connectivity index (χ1v) is 12.8. The number of amides is 1. The highest BCUT2D eigenvalue weighted by Crippen LogP contribution is 2.32. The number of carbonyl (C=O) groups excluding carboxylic acids is 1. The van der Waals surface area contributed by atoms with Gasteiger partial charge >= 0.3 is 0 Å². The normalized spacial score (nSPS) is 18.6. The quantitative estimate of drug-likeness (QED) is 0.459. The molecule has 186 valence electrons. The number of β-amino-alcohol motifs (C(OH)–C–C–N with tert-alkyl or cyclic N) is 1. The molecule has 1 amide bonds. The number of rotatable bonds is 9. The first kappa shape index (κ1) is 25.1. The molecule has 0 bridgehead atoms. The first-order valence-electron chi connectivity index (χ1n) is 11.4. The average molecular weight is 499 g/mol. The van der Waals surface area contributed by atoms with E-state index in [0.29, 0.717) is 42.7 Å². The summed E-state index contributed by atoms with van der Waals surface area (Å²) in [6, 6.07) is 15.7. The van der Waals surface area contributed by atoms with Gasteiger partial charge in [0, 0.05) is 51.2 Å². The standard InChI is InChI=1S/C25H30N4O5S/c1-28(2)35(32,33)19-8-9-22-20(14-19)23(10-12-27-22)34-24(25(26)31)21(17-6-4-3-5-7-17)16-29-13-11-18(30)15-29/h3-10,12,14,18,21,24,30H,11,13,15-16H2,1-2H3,(H2,26,31)/t18-,21+,24?/m0/s1. The zero-order chi connectivity index (χ0) is 25.2. The van der Waals surface area contributed by atoms with E-state index in [4.69, 9.17) is 10.5 Å². The van der Waals surface area contributed by atoms with Crippen LogP contribution in [0, 0.1) is 0 Å². The summed E-state index contributed by atoms with van der Waals surface area (Å²) in [6.07, 6.45) is 0.779. The molecule has 1 unspecified atom stereocenters. The van der Waals surface area contributed by atoms with Crippen molar-refractivity contribution in [1.82, 2.24) is 14.2 Å². The smallest absolute Gasteiger partial charge is 0.259 e. The fraction of sp³-hybridized carbons (Fsp3) is 0.360. The van der Waals surface area contributed by atoms with Crippen molar-refractivity contribution in [3.8, 4) is 5.75 Å². The number of fused-ring (bicyclic) bond motifs is 1. The second-order valence-electron chi connectivity index (χ2n) is 8.94. The number of primary amides is 1. The lowest BCUT2D eigenvalue weighted by molar-refractivity contribution is -0.125. The van der Waals surface area contributed by atoms with E-state index in [1.807, 2.05) is 30.3 Å². The average Bonchev–Trinajstić information content (AvgIpc) is 3.25. The number of sulfonamides is 1. The molecule has 3 aromatic rings. The lowest BCUT2D eigenvalue weighted by Crippen LogP contribution is -2.43. The molecule has 3 N–H and O–H groups in total. The monoisotopic (exact) mass is 498 g/mol. The fourth-order valence-corrected chi connectivity index (χ4v) is 5.31. The zero-order valence-corrected chi connectivity index (χ0v) is 20.6. The predicted octanol–water partition coefficient (Wildman–Crippen LogP) is 1.57. The molecule has 1 aromatic heterocycles. The highest BCUT2D eigenvalue weighted by molar-refractivity contribution is 7.89. The van der Waals surface area contributed by atoms with Crippen molar-refractivity contribution >= 4 is 26.8 Å². The zero-order valence-electron chi connectivity index (χ0n) is 19.7. The Morgan fingerprint density at radius 1 is 1.23 bits per heavy atom. The predicted molar refractivity (Wildman–Crippen MR) is 132 cm³/mol. The summed E-state index contributed by atoms with van der Waals surface area (Å²) in [5.41, 5.74) is 7.27. The van der Waals surface area contributed by atoms with Crippen LogP contribution < -0.4 is 10.5 Å². The Balaban J connectivity index is 1.74. The van der Waals surface area contributed by atoms with Gasteiger partial charge in [-0.25, -0.2) is 12.7 Å². The molecule has 1 fully saturated rings. The SMILES string of the molecule is CN(C)S(=O)(=O)c1ccc2nccc(OC(C(N)=O)[C@H](CN3CC[C@H](O)C3)c3ccccc3)c2c1. The molecule has 4 rings (SSSR count). The van der Waals surface area contributed by atoms with Crippen LogP contribution in [0.2, 0.25) is 0 Å². The Bertz CT molecular complexity index is 1300. The topological polar surface area (TPSA) is 126 Å². The van der Waals surface area contributed by atoms with Gasteiger partial charge in [-0.15, -0.1) is 0 Å². The summed E-state index contributed by atoms with van der Waals surface area (Å²) in [6.45, 7) is 1.69. The van der Waals surface area contributed by atoms with E-state index < -0.39 is 34.1 Å². The summed E-state index contributed by atoms with van der Waals surface area (Å²) >= 11 is 0. The molecular weight excluding hydrogens is 468 g/mol. The minimum atomic E-state index is -3.68. The molecule has 1 aliphatic rings. The van der Waals surface area contributed by atoms with Gasteiger partial charge in [-0.3, -0.25) is 14.7 Å². The van der Waals surface area contributed by atoms with Crippen molar-refractivity contribution in [3.05, 3.63) is 66.4 Å². The molecule has 3 atom stereocenters. The van der Waals surface area contributed by atoms with E-state index in [0.717, 1.165) is 9.87 Å². The summed E-state index contributed by atoms with van der Waals surface area (Å²) in [4.78, 5) is 19.2. The maximum Gasteiger partial charge on any atom is 0.259 e. The molecular formula is C25H30N4O5S. The third-order valence-corrected chi connectivity index (χ3v) is 8.09. The van der Waals surface area contributed by atoms with Crippen molar-refractivity contribution in [2.24, 2.45) is 5.73 Å². The van der Waals surface area contributed by atoms with Crippen LogP contribution in [0.3, 0.4) is 0 Å². The van der Waals surface area contributed by atoms with Gasteiger partial charge in [0.2, 0.25) is 10.0 Å². The van der Waals surface area contributed by atoms with Crippen LogP contribution in [-0.2, 0) is 14.8 Å². The number of aliphatic hydroxyl groups is 1. The van der Waals surface area contributed by atoms with Crippen molar-refractivity contribution in [3.63, 3.8) is 0 Å². The molecule has 2 aromatic carbocycles. The Labute approximate surface area is 205 Å². The van der Waals surface area contributed by atoms with Gasteiger partial charge in [-0.1, -0.05) is 30.3 Å². The molecule has 9 nitrogen and oxygen atoms in total. The highest BCUT2D eigenvalue weighted by atomic mass is 32.2. The van der Waals surface area contributed by atoms with E-state index in [1.165, 1.54) is 26.2 Å². The molecule has 0 radical (unpaired) electrons. The maximum atomic E-state index is 12.7. The number of hydrogen-bond acceptors (Lipinski definition) is 7. The number of nitrogens with two attached hydrogens (primary N) is 1. The summed E-state index contributed by atoms with van der Waals surface area (Å²) in [7, 11) is -0.759. The largest absolute Gasteiger partial charge is 0.479 e. The highest BCUT2D eigenvalue weighted by Gasteiger charge is 2.34. The molecule has 0 aliphatic carbocycles. The molecule has 0 saturated carbocycles. The number of aliphatic hydroxyl groups excluding tert-OH is 1. The lowest BCUT2D eigenvalue weighted by atomic mass is 9.92. The number of nitrogens with zero attached hydrogens (tertiary/aromatic N) is 3. The van der Waals surface area contributed by atoms with Gasteiger partial charge in [0.05, 0.1) is 16.5 Å². The van der Waals surface area contributed by atoms with Crippen molar-refractivity contribution < 1.29 is 23.1 Å². The third-order valence-electron chi connectivity index (χ3n) is 6.28. The van der Waals surface area contributed by atoms with Gasteiger partial charge in [-0.2, -0.15) is 0 Å². The van der Waals surface area contributed by atoms with E-state index in [-0.39, 0.29) is 4.90 Å². The van der Waals surface area contributed by atoms with Gasteiger partial charge < -0.3 is 15.6 Å². The third kappa shape index (κ3) is 5.46. The van der Waals surface area contributed by atoms with Crippen LogP contribution in [0.5, 0.6) is 5.75 Å².